The summed E-state index contributed by atoms with van der Waals surface area (Å²) in [5.41, 5.74) is 7.69. The minimum absolute atomic E-state index is 0. The molecule has 0 saturated carbocycles. The third kappa shape index (κ3) is 4.78. The molecule has 0 aliphatic heterocycles. The highest BCUT2D eigenvalue weighted by atomic mass is 127. The number of rotatable bonds is 5. The molecule has 0 radical (unpaired) electrons. The van der Waals surface area contributed by atoms with Crippen molar-refractivity contribution in [3.63, 3.8) is 0 Å². The van der Waals surface area contributed by atoms with Crippen molar-refractivity contribution in [2.24, 2.45) is 10.7 Å². The van der Waals surface area contributed by atoms with E-state index in [0.717, 1.165) is 30.0 Å². The largest absolute Gasteiger partial charge is 0.370 e. The van der Waals surface area contributed by atoms with Crippen molar-refractivity contribution in [1.29, 1.82) is 0 Å². The molecule has 0 spiro atoms. The van der Waals surface area contributed by atoms with E-state index in [2.05, 4.69) is 33.0 Å². The Balaban J connectivity index is 0.00000200. The van der Waals surface area contributed by atoms with E-state index in [1.54, 1.807) is 11.3 Å². The Morgan fingerprint density at radius 1 is 1.50 bits per heavy atom. The SMILES string of the molecule is Cc1noc(C)c1CN=C(N)NCCc1cccs1.I. The first kappa shape index (κ1) is 17.0. The zero-order valence-corrected chi connectivity index (χ0v) is 14.7. The lowest BCUT2D eigenvalue weighted by Crippen LogP contribution is -2.33. The number of halogens is 1. The molecule has 110 valence electrons. The van der Waals surface area contributed by atoms with E-state index in [4.69, 9.17) is 10.3 Å². The highest BCUT2D eigenvalue weighted by Crippen LogP contribution is 2.12. The lowest BCUT2D eigenvalue weighted by molar-refractivity contribution is 0.392. The zero-order chi connectivity index (χ0) is 13.7. The molecule has 0 fully saturated rings. The number of nitrogens with two attached hydrogens (primary N) is 1. The smallest absolute Gasteiger partial charge is 0.188 e. The highest BCUT2D eigenvalue weighted by Gasteiger charge is 2.07. The minimum atomic E-state index is 0. The molecule has 0 aliphatic rings. The van der Waals surface area contributed by atoms with Crippen LogP contribution in [-0.2, 0) is 13.0 Å². The van der Waals surface area contributed by atoms with Gasteiger partial charge in [-0.25, -0.2) is 4.99 Å². The van der Waals surface area contributed by atoms with Crippen LogP contribution >= 0.6 is 35.3 Å². The molecule has 7 heteroatoms. The van der Waals surface area contributed by atoms with Gasteiger partial charge in [0.15, 0.2) is 5.96 Å². The van der Waals surface area contributed by atoms with Gasteiger partial charge in [-0.1, -0.05) is 11.2 Å². The number of thiophene rings is 1. The lowest BCUT2D eigenvalue weighted by atomic mass is 10.2. The van der Waals surface area contributed by atoms with Gasteiger partial charge in [0.25, 0.3) is 0 Å². The van der Waals surface area contributed by atoms with E-state index in [1.807, 2.05) is 13.8 Å². The quantitative estimate of drug-likeness (QED) is 0.455. The van der Waals surface area contributed by atoms with Crippen molar-refractivity contribution in [2.45, 2.75) is 26.8 Å². The third-order valence-electron chi connectivity index (χ3n) is 2.85. The number of aliphatic imine (C=N–C) groups is 1. The Morgan fingerprint density at radius 2 is 2.30 bits per heavy atom. The molecule has 2 rings (SSSR count). The molecule has 0 atom stereocenters. The molecular weight excluding hydrogens is 387 g/mol. The van der Waals surface area contributed by atoms with E-state index in [-0.39, 0.29) is 24.0 Å². The van der Waals surface area contributed by atoms with Gasteiger partial charge in [-0.3, -0.25) is 0 Å². The molecule has 5 nitrogen and oxygen atoms in total. The highest BCUT2D eigenvalue weighted by molar-refractivity contribution is 14.0. The number of hydrogen-bond acceptors (Lipinski definition) is 4. The van der Waals surface area contributed by atoms with Crippen molar-refractivity contribution >= 4 is 41.3 Å². The van der Waals surface area contributed by atoms with Crippen LogP contribution in [0.5, 0.6) is 0 Å². The second kappa shape index (κ2) is 8.25. The van der Waals surface area contributed by atoms with Gasteiger partial charge in [-0.15, -0.1) is 35.3 Å². The summed E-state index contributed by atoms with van der Waals surface area (Å²) in [4.78, 5) is 5.63. The van der Waals surface area contributed by atoms with E-state index in [9.17, 15) is 0 Å². The summed E-state index contributed by atoms with van der Waals surface area (Å²) in [7, 11) is 0. The average Bonchev–Trinajstić information content (AvgIpc) is 2.99. The Kier molecular flexibility index (Phi) is 7.00. The van der Waals surface area contributed by atoms with Gasteiger partial charge in [0, 0.05) is 17.0 Å². The molecule has 0 aliphatic carbocycles. The molecule has 3 N–H and O–H groups in total. The second-order valence-corrected chi connectivity index (χ2v) is 5.29. The van der Waals surface area contributed by atoms with Gasteiger partial charge in [0.05, 0.1) is 12.2 Å². The molecule has 0 bridgehead atoms. The summed E-state index contributed by atoms with van der Waals surface area (Å²) >= 11 is 1.75. The van der Waals surface area contributed by atoms with Crippen LogP contribution in [-0.4, -0.2) is 17.7 Å². The van der Waals surface area contributed by atoms with Gasteiger partial charge in [0.2, 0.25) is 0 Å². The fourth-order valence-corrected chi connectivity index (χ4v) is 2.43. The summed E-state index contributed by atoms with van der Waals surface area (Å²) < 4.78 is 5.08. The van der Waals surface area contributed by atoms with Crippen LogP contribution in [0.2, 0.25) is 0 Å². The maximum Gasteiger partial charge on any atom is 0.188 e. The minimum Gasteiger partial charge on any atom is -0.370 e. The third-order valence-corrected chi connectivity index (χ3v) is 3.78. The van der Waals surface area contributed by atoms with Crippen molar-refractivity contribution in [1.82, 2.24) is 10.5 Å². The van der Waals surface area contributed by atoms with Crippen molar-refractivity contribution in [3.8, 4) is 0 Å². The van der Waals surface area contributed by atoms with E-state index in [1.165, 1.54) is 4.88 Å². The molecule has 0 amide bonds. The topological polar surface area (TPSA) is 76.4 Å². The molecule has 20 heavy (non-hydrogen) atoms. The predicted octanol–water partition coefficient (Wildman–Crippen LogP) is 2.62. The van der Waals surface area contributed by atoms with Crippen LogP contribution in [0.4, 0.5) is 0 Å². The molecule has 0 unspecified atom stereocenters. The van der Waals surface area contributed by atoms with Crippen LogP contribution in [0.3, 0.4) is 0 Å². The molecule has 2 aromatic rings. The fourth-order valence-electron chi connectivity index (χ4n) is 1.72. The van der Waals surface area contributed by atoms with Crippen LogP contribution in [0.15, 0.2) is 27.0 Å². The standard InChI is InChI=1S/C13H18N4OS.HI/c1-9-12(10(2)18-17-9)8-16-13(14)15-6-5-11-4-3-7-19-11;/h3-4,7H,5-6,8H2,1-2H3,(H3,14,15,16);1H. The van der Waals surface area contributed by atoms with Gasteiger partial charge < -0.3 is 15.6 Å². The molecule has 2 heterocycles. The summed E-state index contributed by atoms with van der Waals surface area (Å²) in [5.74, 6) is 1.25. The number of aryl methyl sites for hydroxylation is 2. The van der Waals surface area contributed by atoms with Gasteiger partial charge >= 0.3 is 0 Å². The van der Waals surface area contributed by atoms with Crippen LogP contribution in [0, 0.1) is 13.8 Å². The van der Waals surface area contributed by atoms with Crippen LogP contribution in [0.1, 0.15) is 21.9 Å². The number of nitrogens with one attached hydrogen (secondary N) is 1. The Hall–Kier alpha value is -1.09. The van der Waals surface area contributed by atoms with Crippen molar-refractivity contribution in [2.75, 3.05) is 6.54 Å². The second-order valence-electron chi connectivity index (χ2n) is 4.26. The molecule has 2 aromatic heterocycles. The van der Waals surface area contributed by atoms with Gasteiger partial charge in [0.1, 0.15) is 5.76 Å². The van der Waals surface area contributed by atoms with Gasteiger partial charge in [-0.2, -0.15) is 0 Å². The van der Waals surface area contributed by atoms with Gasteiger partial charge in [-0.05, 0) is 31.7 Å². The summed E-state index contributed by atoms with van der Waals surface area (Å²) in [6, 6.07) is 4.17. The maximum absolute atomic E-state index is 5.82. The molecular formula is C13H19IN4OS. The predicted molar refractivity (Wildman–Crippen MR) is 92.7 cm³/mol. The first-order valence-electron chi connectivity index (χ1n) is 6.14. The Bertz CT molecular complexity index is 531. The van der Waals surface area contributed by atoms with Crippen LogP contribution in [0.25, 0.3) is 0 Å². The van der Waals surface area contributed by atoms with E-state index < -0.39 is 0 Å². The summed E-state index contributed by atoms with van der Waals surface area (Å²) in [6.45, 7) is 5.07. The lowest BCUT2D eigenvalue weighted by Gasteiger charge is -2.04. The fraction of sp³-hybridized carbons (Fsp3) is 0.385. The normalized spacial score (nSPS) is 11.2. The first-order chi connectivity index (χ1) is 9.16. The number of aromatic nitrogens is 1. The van der Waals surface area contributed by atoms with E-state index >= 15 is 0 Å². The first-order valence-corrected chi connectivity index (χ1v) is 7.02. The summed E-state index contributed by atoms with van der Waals surface area (Å²) in [6.07, 6.45) is 0.958. The molecule has 0 aromatic carbocycles. The Morgan fingerprint density at radius 3 is 2.90 bits per heavy atom. The zero-order valence-electron chi connectivity index (χ0n) is 11.5. The maximum atomic E-state index is 5.82. The number of nitrogens with zero attached hydrogens (tertiary/aromatic N) is 2. The summed E-state index contributed by atoms with van der Waals surface area (Å²) in [5, 5.41) is 9.07. The number of hydrogen-bond donors (Lipinski definition) is 2. The Labute approximate surface area is 139 Å². The average molecular weight is 406 g/mol. The monoisotopic (exact) mass is 406 g/mol. The van der Waals surface area contributed by atoms with Crippen molar-refractivity contribution in [3.05, 3.63) is 39.4 Å². The van der Waals surface area contributed by atoms with E-state index in [0.29, 0.717) is 12.5 Å². The molecule has 0 saturated heterocycles. The number of guanidine groups is 1. The van der Waals surface area contributed by atoms with Crippen LogP contribution < -0.4 is 11.1 Å². The van der Waals surface area contributed by atoms with Crippen molar-refractivity contribution < 1.29 is 4.52 Å².